The molecule has 3 fully saturated rings. The molecular formula is C21H29ClFN3O2. The summed E-state index contributed by atoms with van der Waals surface area (Å²) in [4.78, 5) is 16.7. The number of nitrogens with zero attached hydrogens (tertiary/aromatic N) is 2. The summed E-state index contributed by atoms with van der Waals surface area (Å²) in [6.45, 7) is 2.85. The highest BCUT2D eigenvalue weighted by molar-refractivity contribution is 6.33. The van der Waals surface area contributed by atoms with Crippen LogP contribution in [0.2, 0.25) is 5.02 Å². The van der Waals surface area contributed by atoms with Gasteiger partial charge in [-0.25, -0.2) is 4.39 Å². The minimum Gasteiger partial charge on any atom is -0.376 e. The van der Waals surface area contributed by atoms with Gasteiger partial charge in [0.15, 0.2) is 0 Å². The average molecular weight is 410 g/mol. The van der Waals surface area contributed by atoms with Gasteiger partial charge in [-0.3, -0.25) is 4.79 Å². The smallest absolute Gasteiger partial charge is 0.226 e. The number of carbonyl (C=O) groups excluding carboxylic acids is 1. The highest BCUT2D eigenvalue weighted by Crippen LogP contribution is 2.34. The summed E-state index contributed by atoms with van der Waals surface area (Å²) >= 11 is 6.23. The molecule has 1 aliphatic carbocycles. The summed E-state index contributed by atoms with van der Waals surface area (Å²) in [5, 5.41) is 0.572. The van der Waals surface area contributed by atoms with Crippen LogP contribution in [0.15, 0.2) is 18.2 Å². The molecule has 0 aromatic heterocycles. The SMILES string of the molecule is NC1CCCN(C(=O)C2CC2)[C@H]1COC1CCN(c2cc(F)ccc2Cl)CC1. The van der Waals surface area contributed by atoms with Gasteiger partial charge in [0.05, 0.1) is 29.5 Å². The average Bonchev–Trinajstić information content (AvgIpc) is 3.54. The fourth-order valence-corrected chi connectivity index (χ4v) is 4.60. The first-order valence-electron chi connectivity index (χ1n) is 10.4. The zero-order valence-electron chi connectivity index (χ0n) is 16.2. The Balaban J connectivity index is 1.30. The minimum atomic E-state index is -0.274. The molecule has 0 bridgehead atoms. The molecule has 1 saturated carbocycles. The van der Waals surface area contributed by atoms with Gasteiger partial charge in [0.1, 0.15) is 5.82 Å². The predicted octanol–water partition coefficient (Wildman–Crippen LogP) is 3.19. The molecule has 2 N–H and O–H groups in total. The molecule has 154 valence electrons. The summed E-state index contributed by atoms with van der Waals surface area (Å²) in [6.07, 6.45) is 5.78. The van der Waals surface area contributed by atoms with Gasteiger partial charge in [-0.05, 0) is 56.7 Å². The molecule has 4 rings (SSSR count). The molecule has 1 unspecified atom stereocenters. The molecule has 2 atom stereocenters. The van der Waals surface area contributed by atoms with E-state index in [2.05, 4.69) is 4.90 Å². The number of likely N-dealkylation sites (tertiary alicyclic amines) is 1. The molecule has 1 aromatic rings. The standard InChI is InChI=1S/C21H29ClFN3O2/c22-17-6-5-15(23)12-19(17)25-10-7-16(8-11-25)28-13-20-18(24)2-1-9-26(20)21(27)14-3-4-14/h5-6,12,14,16,18,20H,1-4,7-11,13,24H2/t18?,20-/m0/s1. The van der Waals surface area contributed by atoms with Crippen LogP contribution in [0.4, 0.5) is 10.1 Å². The van der Waals surface area contributed by atoms with Gasteiger partial charge in [-0.2, -0.15) is 0 Å². The number of hydrogen-bond acceptors (Lipinski definition) is 4. The molecule has 28 heavy (non-hydrogen) atoms. The highest BCUT2D eigenvalue weighted by Gasteiger charge is 2.40. The summed E-state index contributed by atoms with van der Waals surface area (Å²) in [5.74, 6) is 0.204. The molecule has 2 aliphatic heterocycles. The van der Waals surface area contributed by atoms with Gasteiger partial charge in [0, 0.05) is 31.6 Å². The van der Waals surface area contributed by atoms with Crippen LogP contribution in [0.5, 0.6) is 0 Å². The monoisotopic (exact) mass is 409 g/mol. The third-order valence-corrected chi connectivity index (χ3v) is 6.55. The van der Waals surface area contributed by atoms with Gasteiger partial charge in [0.25, 0.3) is 0 Å². The Morgan fingerprint density at radius 2 is 1.93 bits per heavy atom. The molecule has 0 radical (unpaired) electrons. The van der Waals surface area contributed by atoms with Gasteiger partial charge >= 0.3 is 0 Å². The lowest BCUT2D eigenvalue weighted by Crippen LogP contribution is -2.57. The van der Waals surface area contributed by atoms with E-state index >= 15 is 0 Å². The lowest BCUT2D eigenvalue weighted by atomic mass is 9.96. The minimum absolute atomic E-state index is 0.0114. The molecular weight excluding hydrogens is 381 g/mol. The first-order chi connectivity index (χ1) is 13.5. The van der Waals surface area contributed by atoms with E-state index < -0.39 is 0 Å². The van der Waals surface area contributed by atoms with Crippen molar-refractivity contribution in [2.45, 2.75) is 56.7 Å². The number of piperidine rings is 2. The fraction of sp³-hybridized carbons (Fsp3) is 0.667. The summed E-state index contributed by atoms with van der Waals surface area (Å²) in [6, 6.07) is 4.45. The topological polar surface area (TPSA) is 58.8 Å². The first kappa shape index (κ1) is 19.9. The van der Waals surface area contributed by atoms with E-state index in [4.69, 9.17) is 22.1 Å². The first-order valence-corrected chi connectivity index (χ1v) is 10.8. The molecule has 7 heteroatoms. The van der Waals surface area contributed by atoms with Crippen LogP contribution in [-0.2, 0) is 9.53 Å². The largest absolute Gasteiger partial charge is 0.376 e. The Labute approximate surface area is 170 Å². The second-order valence-corrected chi connectivity index (χ2v) is 8.70. The van der Waals surface area contributed by atoms with Gasteiger partial charge in [0.2, 0.25) is 5.91 Å². The molecule has 0 spiro atoms. The Kier molecular flexibility index (Phi) is 6.09. The zero-order chi connectivity index (χ0) is 19.7. The van der Waals surface area contributed by atoms with Crippen molar-refractivity contribution < 1.29 is 13.9 Å². The molecule has 5 nitrogen and oxygen atoms in total. The number of carbonyl (C=O) groups is 1. The normalized spacial score (nSPS) is 26.5. The Bertz CT molecular complexity index is 707. The van der Waals surface area contributed by atoms with Crippen molar-refractivity contribution >= 4 is 23.2 Å². The van der Waals surface area contributed by atoms with Crippen LogP contribution >= 0.6 is 11.6 Å². The van der Waals surface area contributed by atoms with Crippen molar-refractivity contribution in [3.05, 3.63) is 29.0 Å². The van der Waals surface area contributed by atoms with Crippen molar-refractivity contribution in [3.63, 3.8) is 0 Å². The van der Waals surface area contributed by atoms with E-state index in [-0.39, 0.29) is 35.8 Å². The van der Waals surface area contributed by atoms with E-state index in [1.807, 2.05) is 4.90 Å². The number of amides is 1. The number of nitrogens with two attached hydrogens (primary N) is 1. The molecule has 1 amide bonds. The predicted molar refractivity (Wildman–Crippen MR) is 108 cm³/mol. The molecule has 2 saturated heterocycles. The van der Waals surface area contributed by atoms with E-state index in [0.717, 1.165) is 63.8 Å². The number of rotatable bonds is 5. The Morgan fingerprint density at radius 3 is 2.64 bits per heavy atom. The number of benzene rings is 1. The second-order valence-electron chi connectivity index (χ2n) is 8.29. The third kappa shape index (κ3) is 4.44. The van der Waals surface area contributed by atoms with Crippen molar-refractivity contribution in [3.8, 4) is 0 Å². The summed E-state index contributed by atoms with van der Waals surface area (Å²) < 4.78 is 19.8. The lowest BCUT2D eigenvalue weighted by Gasteiger charge is -2.41. The van der Waals surface area contributed by atoms with Crippen LogP contribution in [0.25, 0.3) is 0 Å². The quantitative estimate of drug-likeness (QED) is 0.811. The summed E-state index contributed by atoms with van der Waals surface area (Å²) in [5.41, 5.74) is 7.09. The van der Waals surface area contributed by atoms with Crippen LogP contribution in [0.1, 0.15) is 38.5 Å². The van der Waals surface area contributed by atoms with E-state index in [9.17, 15) is 9.18 Å². The number of hydrogen-bond donors (Lipinski definition) is 1. The molecule has 1 aromatic carbocycles. The fourth-order valence-electron chi connectivity index (χ4n) is 4.36. The van der Waals surface area contributed by atoms with E-state index in [0.29, 0.717) is 11.6 Å². The highest BCUT2D eigenvalue weighted by atomic mass is 35.5. The number of anilines is 1. The van der Waals surface area contributed by atoms with Crippen molar-refractivity contribution in [1.29, 1.82) is 0 Å². The van der Waals surface area contributed by atoms with Crippen LogP contribution in [0, 0.1) is 11.7 Å². The second kappa shape index (κ2) is 8.56. The van der Waals surface area contributed by atoms with Crippen molar-refractivity contribution in [1.82, 2.24) is 4.90 Å². The van der Waals surface area contributed by atoms with Gasteiger partial charge in [-0.15, -0.1) is 0 Å². The van der Waals surface area contributed by atoms with Crippen LogP contribution < -0.4 is 10.6 Å². The van der Waals surface area contributed by atoms with Gasteiger partial charge < -0.3 is 20.3 Å². The number of ether oxygens (including phenoxy) is 1. The van der Waals surface area contributed by atoms with Crippen LogP contribution in [0.3, 0.4) is 0 Å². The lowest BCUT2D eigenvalue weighted by molar-refractivity contribution is -0.139. The Hall–Kier alpha value is -1.37. The Morgan fingerprint density at radius 1 is 1.18 bits per heavy atom. The molecule has 3 aliphatic rings. The zero-order valence-corrected chi connectivity index (χ0v) is 16.9. The van der Waals surface area contributed by atoms with Crippen molar-refractivity contribution in [2.75, 3.05) is 31.1 Å². The van der Waals surface area contributed by atoms with Crippen molar-refractivity contribution in [2.24, 2.45) is 11.7 Å². The maximum atomic E-state index is 13.6. The number of halogens is 2. The van der Waals surface area contributed by atoms with Gasteiger partial charge in [-0.1, -0.05) is 11.6 Å². The van der Waals surface area contributed by atoms with Crippen LogP contribution in [-0.4, -0.2) is 55.2 Å². The third-order valence-electron chi connectivity index (χ3n) is 6.23. The van der Waals surface area contributed by atoms with E-state index in [1.54, 1.807) is 6.07 Å². The maximum Gasteiger partial charge on any atom is 0.226 e. The molecule has 2 heterocycles. The van der Waals surface area contributed by atoms with E-state index in [1.165, 1.54) is 12.1 Å². The summed E-state index contributed by atoms with van der Waals surface area (Å²) in [7, 11) is 0. The maximum absolute atomic E-state index is 13.6.